The van der Waals surface area contributed by atoms with Crippen LogP contribution in [-0.4, -0.2) is 30.3 Å². The Morgan fingerprint density at radius 1 is 1.67 bits per heavy atom. The second-order valence-corrected chi connectivity index (χ2v) is 5.46. The minimum absolute atomic E-state index is 0.00877. The molecule has 0 aliphatic carbocycles. The Morgan fingerprint density at radius 2 is 2.40 bits per heavy atom. The number of hydrogen-bond acceptors (Lipinski definition) is 3. The molecule has 1 aromatic rings. The first-order valence-corrected chi connectivity index (χ1v) is 6.60. The topological polar surface area (TPSA) is 74.8 Å². The van der Waals surface area contributed by atoms with E-state index in [0.717, 1.165) is 6.42 Å². The van der Waals surface area contributed by atoms with E-state index in [4.69, 9.17) is 11.6 Å². The van der Waals surface area contributed by atoms with Gasteiger partial charge in [0.05, 0.1) is 12.5 Å². The van der Waals surface area contributed by atoms with Gasteiger partial charge in [-0.05, 0) is 12.8 Å². The predicted molar refractivity (Wildman–Crippen MR) is 58.3 cm³/mol. The summed E-state index contributed by atoms with van der Waals surface area (Å²) in [5, 5.41) is 0.0830. The summed E-state index contributed by atoms with van der Waals surface area (Å²) in [4.78, 5) is 6.18. The molecule has 2 N–H and O–H groups in total. The minimum Gasteiger partial charge on any atom is -0.335 e. The Morgan fingerprint density at radius 3 is 2.93 bits per heavy atom. The Hall–Kier alpha value is -0.590. The number of aromatic amines is 1. The fraction of sp³-hybridized carbons (Fsp3) is 0.625. The Balaban J connectivity index is 2.45. The normalized spacial score (nSPS) is 14.0. The van der Waals surface area contributed by atoms with Crippen molar-refractivity contribution in [2.45, 2.75) is 30.2 Å². The molecule has 5 nitrogen and oxygen atoms in total. The van der Waals surface area contributed by atoms with Crippen molar-refractivity contribution < 1.29 is 8.42 Å². The van der Waals surface area contributed by atoms with Crippen molar-refractivity contribution in [3.05, 3.63) is 12.5 Å². The molecule has 1 atom stereocenters. The molecular weight excluding hydrogens is 238 g/mol. The zero-order chi connectivity index (χ0) is 11.3. The Kier molecular flexibility index (Phi) is 4.56. The van der Waals surface area contributed by atoms with Crippen LogP contribution in [0.4, 0.5) is 0 Å². The van der Waals surface area contributed by atoms with E-state index >= 15 is 0 Å². The van der Waals surface area contributed by atoms with Crippen LogP contribution in [0, 0.1) is 0 Å². The summed E-state index contributed by atoms with van der Waals surface area (Å²) in [5.74, 6) is 0. The number of aromatic nitrogens is 2. The highest BCUT2D eigenvalue weighted by Crippen LogP contribution is 2.06. The van der Waals surface area contributed by atoms with E-state index in [1.807, 2.05) is 6.92 Å². The third-order valence-electron chi connectivity index (χ3n) is 1.96. The van der Waals surface area contributed by atoms with Gasteiger partial charge in [-0.2, -0.15) is 0 Å². The molecule has 1 heterocycles. The summed E-state index contributed by atoms with van der Waals surface area (Å²) in [6.07, 6.45) is 4.03. The van der Waals surface area contributed by atoms with Crippen molar-refractivity contribution in [2.24, 2.45) is 0 Å². The molecule has 0 radical (unpaired) electrons. The highest BCUT2D eigenvalue weighted by molar-refractivity contribution is 7.89. The van der Waals surface area contributed by atoms with Crippen molar-refractivity contribution in [2.75, 3.05) is 6.54 Å². The van der Waals surface area contributed by atoms with Crippen LogP contribution in [-0.2, 0) is 10.0 Å². The van der Waals surface area contributed by atoms with Crippen LogP contribution in [0.25, 0.3) is 0 Å². The molecule has 1 aromatic heterocycles. The van der Waals surface area contributed by atoms with Gasteiger partial charge in [0.25, 0.3) is 10.0 Å². The van der Waals surface area contributed by atoms with Crippen LogP contribution >= 0.6 is 11.6 Å². The lowest BCUT2D eigenvalue weighted by Gasteiger charge is -2.07. The first kappa shape index (κ1) is 12.5. The lowest BCUT2D eigenvalue weighted by molar-refractivity contribution is 0.573. The van der Waals surface area contributed by atoms with Gasteiger partial charge < -0.3 is 4.98 Å². The quantitative estimate of drug-likeness (QED) is 0.744. The molecule has 0 saturated heterocycles. The third-order valence-corrected chi connectivity index (χ3v) is 3.87. The number of nitrogens with one attached hydrogen (secondary N) is 2. The number of nitrogens with zero attached hydrogens (tertiary/aromatic N) is 1. The van der Waals surface area contributed by atoms with E-state index < -0.39 is 10.0 Å². The summed E-state index contributed by atoms with van der Waals surface area (Å²) in [6, 6.07) is 0. The molecule has 0 aliphatic rings. The Labute approximate surface area is 94.3 Å². The summed E-state index contributed by atoms with van der Waals surface area (Å²) in [7, 11) is -3.45. The zero-order valence-electron chi connectivity index (χ0n) is 8.40. The van der Waals surface area contributed by atoms with Crippen LogP contribution in [0.5, 0.6) is 0 Å². The van der Waals surface area contributed by atoms with Crippen molar-refractivity contribution in [1.82, 2.24) is 14.7 Å². The number of H-pyrrole nitrogens is 1. The molecule has 0 saturated carbocycles. The number of imidazole rings is 1. The molecule has 0 amide bonds. The van der Waals surface area contributed by atoms with Crippen molar-refractivity contribution >= 4 is 21.6 Å². The fourth-order valence-corrected chi connectivity index (χ4v) is 2.08. The van der Waals surface area contributed by atoms with Gasteiger partial charge in [-0.25, -0.2) is 18.1 Å². The first-order chi connectivity index (χ1) is 7.06. The Bertz CT molecular complexity index is 377. The first-order valence-electron chi connectivity index (χ1n) is 4.68. The van der Waals surface area contributed by atoms with Gasteiger partial charge in [0.15, 0.2) is 5.03 Å². The minimum atomic E-state index is -3.45. The molecule has 0 aromatic carbocycles. The smallest absolute Gasteiger partial charge is 0.257 e. The number of sulfonamides is 1. The van der Waals surface area contributed by atoms with Gasteiger partial charge >= 0.3 is 0 Å². The van der Waals surface area contributed by atoms with Gasteiger partial charge in [0.1, 0.15) is 0 Å². The lowest BCUT2D eigenvalue weighted by atomic mass is 10.2. The van der Waals surface area contributed by atoms with Gasteiger partial charge in [0, 0.05) is 11.9 Å². The van der Waals surface area contributed by atoms with Gasteiger partial charge in [-0.15, -0.1) is 11.6 Å². The molecule has 1 unspecified atom stereocenters. The number of hydrogen-bond donors (Lipinski definition) is 2. The maximum absolute atomic E-state index is 11.5. The molecule has 0 aliphatic heterocycles. The van der Waals surface area contributed by atoms with Crippen LogP contribution in [0.2, 0.25) is 0 Å². The summed E-state index contributed by atoms with van der Waals surface area (Å²) in [5.41, 5.74) is 0. The molecule has 7 heteroatoms. The van der Waals surface area contributed by atoms with Crippen LogP contribution in [0.1, 0.15) is 19.8 Å². The lowest BCUT2D eigenvalue weighted by Crippen LogP contribution is -2.26. The van der Waals surface area contributed by atoms with E-state index in [0.29, 0.717) is 13.0 Å². The van der Waals surface area contributed by atoms with Crippen LogP contribution in [0.3, 0.4) is 0 Å². The summed E-state index contributed by atoms with van der Waals surface area (Å²) in [6.45, 7) is 2.30. The molecule has 0 spiro atoms. The number of halogens is 1. The van der Waals surface area contributed by atoms with Crippen molar-refractivity contribution in [3.8, 4) is 0 Å². The maximum atomic E-state index is 11.5. The standard InChI is InChI=1S/C8H14ClN3O2S/c1-2-7(9)3-4-12-15(13,14)8-5-10-6-11-8/h5-7,12H,2-4H2,1H3,(H,10,11). The highest BCUT2D eigenvalue weighted by Gasteiger charge is 2.14. The molecule has 1 rings (SSSR count). The van der Waals surface area contributed by atoms with Crippen LogP contribution in [0.15, 0.2) is 17.6 Å². The van der Waals surface area contributed by atoms with Crippen LogP contribution < -0.4 is 4.72 Å². The SMILES string of the molecule is CCC(Cl)CCNS(=O)(=O)c1cnc[nH]1. The molecule has 15 heavy (non-hydrogen) atoms. The zero-order valence-corrected chi connectivity index (χ0v) is 9.98. The third kappa shape index (κ3) is 3.81. The predicted octanol–water partition coefficient (Wildman–Crippen LogP) is 1.10. The monoisotopic (exact) mass is 251 g/mol. The van der Waals surface area contributed by atoms with E-state index in [1.54, 1.807) is 0 Å². The number of rotatable bonds is 6. The summed E-state index contributed by atoms with van der Waals surface area (Å²) >= 11 is 5.86. The average Bonchev–Trinajstić information content (AvgIpc) is 2.70. The average molecular weight is 252 g/mol. The summed E-state index contributed by atoms with van der Waals surface area (Å²) < 4.78 is 25.5. The largest absolute Gasteiger partial charge is 0.335 e. The van der Waals surface area contributed by atoms with E-state index in [2.05, 4.69) is 14.7 Å². The molecule has 86 valence electrons. The molecule has 0 fully saturated rings. The van der Waals surface area contributed by atoms with E-state index in [9.17, 15) is 8.42 Å². The second-order valence-electron chi connectivity index (χ2n) is 3.11. The van der Waals surface area contributed by atoms with Gasteiger partial charge in [0.2, 0.25) is 0 Å². The van der Waals surface area contributed by atoms with E-state index in [1.165, 1.54) is 12.5 Å². The second kappa shape index (κ2) is 5.48. The van der Waals surface area contributed by atoms with E-state index in [-0.39, 0.29) is 10.4 Å². The van der Waals surface area contributed by atoms with Crippen molar-refractivity contribution in [3.63, 3.8) is 0 Å². The highest BCUT2D eigenvalue weighted by atomic mass is 35.5. The number of alkyl halides is 1. The van der Waals surface area contributed by atoms with Gasteiger partial charge in [-0.3, -0.25) is 0 Å². The maximum Gasteiger partial charge on any atom is 0.257 e. The fourth-order valence-electron chi connectivity index (χ4n) is 1.02. The molecule has 0 bridgehead atoms. The molecular formula is C8H14ClN3O2S. The van der Waals surface area contributed by atoms with Gasteiger partial charge in [-0.1, -0.05) is 6.92 Å². The van der Waals surface area contributed by atoms with Crippen molar-refractivity contribution in [1.29, 1.82) is 0 Å².